The fourth-order valence-electron chi connectivity index (χ4n) is 3.20. The minimum Gasteiger partial charge on any atom is -0.439 e. The van der Waals surface area contributed by atoms with Crippen LogP contribution in [0.4, 0.5) is 9.18 Å². The van der Waals surface area contributed by atoms with Crippen LogP contribution in [0.3, 0.4) is 0 Å². The van der Waals surface area contributed by atoms with Gasteiger partial charge in [0, 0.05) is 37.5 Å². The molecule has 1 aromatic heterocycles. The lowest BCUT2D eigenvalue weighted by Gasteiger charge is -2.35. The Morgan fingerprint density at radius 3 is 2.96 bits per heavy atom. The summed E-state index contributed by atoms with van der Waals surface area (Å²) in [6.07, 6.45) is 5.98. The molecule has 1 aromatic carbocycles. The van der Waals surface area contributed by atoms with Crippen molar-refractivity contribution >= 4 is 6.03 Å². The van der Waals surface area contributed by atoms with Crippen molar-refractivity contribution in [3.8, 4) is 11.6 Å². The monoisotopic (exact) mass is 357 g/mol. The molecular formula is C20H24FN3O2. The Labute approximate surface area is 153 Å². The number of carbonyl (C=O) groups excluding carboxylic acids is 1. The second-order valence-corrected chi connectivity index (χ2v) is 6.47. The van der Waals surface area contributed by atoms with Gasteiger partial charge >= 0.3 is 6.03 Å². The van der Waals surface area contributed by atoms with Crippen molar-refractivity contribution < 1.29 is 13.9 Å². The second-order valence-electron chi connectivity index (χ2n) is 6.47. The number of rotatable bonds is 5. The Kier molecular flexibility index (Phi) is 6.04. The molecule has 1 fully saturated rings. The lowest BCUT2D eigenvalue weighted by Crippen LogP contribution is -2.48. The van der Waals surface area contributed by atoms with E-state index in [-0.39, 0.29) is 11.8 Å². The molecule has 2 heterocycles. The number of ether oxygens (including phenoxy) is 1. The number of hydrogen-bond donors (Lipinski definition) is 1. The minimum absolute atomic E-state index is 0.0170. The molecule has 0 spiro atoms. The molecule has 0 saturated carbocycles. The van der Waals surface area contributed by atoms with E-state index in [1.165, 1.54) is 18.6 Å². The van der Waals surface area contributed by atoms with Crippen molar-refractivity contribution in [2.75, 3.05) is 6.54 Å². The molecule has 5 nitrogen and oxygen atoms in total. The van der Waals surface area contributed by atoms with Crippen molar-refractivity contribution in [1.29, 1.82) is 0 Å². The van der Waals surface area contributed by atoms with Gasteiger partial charge < -0.3 is 15.0 Å². The highest BCUT2D eigenvalue weighted by Gasteiger charge is 2.24. The predicted octanol–water partition coefficient (Wildman–Crippen LogP) is 4.49. The van der Waals surface area contributed by atoms with E-state index in [0.29, 0.717) is 24.2 Å². The van der Waals surface area contributed by atoms with Crippen molar-refractivity contribution in [2.24, 2.45) is 0 Å². The number of halogens is 1. The molecule has 0 radical (unpaired) electrons. The summed E-state index contributed by atoms with van der Waals surface area (Å²) < 4.78 is 18.7. The summed E-state index contributed by atoms with van der Waals surface area (Å²) >= 11 is 0. The lowest BCUT2D eigenvalue weighted by molar-refractivity contribution is 0.148. The zero-order valence-corrected chi connectivity index (χ0v) is 15.0. The standard InChI is InChI=1S/C20H24FN3O2/c1-2-17-7-3-4-11-24(17)20(25)23-14-15-9-10-19(22-13-15)26-18-8-5-6-16(21)12-18/h5-6,8-10,12-13,17H,2-4,7,11,14H2,1H3,(H,23,25). The van der Waals surface area contributed by atoms with E-state index in [4.69, 9.17) is 4.74 Å². The number of piperidine rings is 1. The Morgan fingerprint density at radius 1 is 1.35 bits per heavy atom. The molecule has 0 bridgehead atoms. The molecular weight excluding hydrogens is 333 g/mol. The summed E-state index contributed by atoms with van der Waals surface area (Å²) in [5, 5.41) is 2.97. The molecule has 26 heavy (non-hydrogen) atoms. The van der Waals surface area contributed by atoms with Gasteiger partial charge in [-0.2, -0.15) is 0 Å². The van der Waals surface area contributed by atoms with Gasteiger partial charge in [-0.3, -0.25) is 0 Å². The first-order valence-electron chi connectivity index (χ1n) is 9.08. The average Bonchev–Trinajstić information content (AvgIpc) is 2.67. The number of aromatic nitrogens is 1. The number of amides is 2. The zero-order valence-electron chi connectivity index (χ0n) is 15.0. The van der Waals surface area contributed by atoms with Crippen molar-refractivity contribution in [2.45, 2.75) is 45.2 Å². The number of urea groups is 1. The van der Waals surface area contributed by atoms with E-state index >= 15 is 0 Å². The first-order valence-corrected chi connectivity index (χ1v) is 9.08. The molecule has 1 saturated heterocycles. The van der Waals surface area contributed by atoms with Crippen LogP contribution in [0.25, 0.3) is 0 Å². The van der Waals surface area contributed by atoms with Gasteiger partial charge in [0.1, 0.15) is 11.6 Å². The zero-order chi connectivity index (χ0) is 18.4. The maximum Gasteiger partial charge on any atom is 0.317 e. The highest BCUT2D eigenvalue weighted by molar-refractivity contribution is 5.74. The Hall–Kier alpha value is -2.63. The van der Waals surface area contributed by atoms with E-state index in [1.807, 2.05) is 11.0 Å². The maximum absolute atomic E-state index is 13.2. The van der Waals surface area contributed by atoms with E-state index in [0.717, 1.165) is 31.4 Å². The smallest absolute Gasteiger partial charge is 0.317 e. The summed E-state index contributed by atoms with van der Waals surface area (Å²) in [5.74, 6) is 0.423. The maximum atomic E-state index is 13.2. The third-order valence-corrected chi connectivity index (χ3v) is 4.62. The fourth-order valence-corrected chi connectivity index (χ4v) is 3.20. The molecule has 0 aliphatic carbocycles. The van der Waals surface area contributed by atoms with Crippen molar-refractivity contribution in [1.82, 2.24) is 15.2 Å². The van der Waals surface area contributed by atoms with Gasteiger partial charge in [0.15, 0.2) is 0 Å². The van der Waals surface area contributed by atoms with Crippen LogP contribution in [-0.2, 0) is 6.54 Å². The molecule has 1 aliphatic heterocycles. The lowest BCUT2D eigenvalue weighted by atomic mass is 10.0. The van der Waals surface area contributed by atoms with E-state index in [2.05, 4.69) is 17.2 Å². The molecule has 6 heteroatoms. The molecule has 1 N–H and O–H groups in total. The number of nitrogens with zero attached hydrogens (tertiary/aromatic N) is 2. The number of nitrogens with one attached hydrogen (secondary N) is 1. The first-order chi connectivity index (χ1) is 12.7. The molecule has 138 valence electrons. The quantitative estimate of drug-likeness (QED) is 0.858. The molecule has 2 aromatic rings. The van der Waals surface area contributed by atoms with Gasteiger partial charge in [-0.1, -0.05) is 19.1 Å². The summed E-state index contributed by atoms with van der Waals surface area (Å²) in [5.41, 5.74) is 0.884. The van der Waals surface area contributed by atoms with Crippen LogP contribution in [-0.4, -0.2) is 28.5 Å². The highest BCUT2D eigenvalue weighted by atomic mass is 19.1. The highest BCUT2D eigenvalue weighted by Crippen LogP contribution is 2.21. The SMILES string of the molecule is CCC1CCCCN1C(=O)NCc1ccc(Oc2cccc(F)c2)nc1. The minimum atomic E-state index is -0.357. The third kappa shape index (κ3) is 4.71. The Morgan fingerprint density at radius 2 is 2.23 bits per heavy atom. The van der Waals surface area contributed by atoms with Gasteiger partial charge in [0.25, 0.3) is 0 Å². The fraction of sp³-hybridized carbons (Fsp3) is 0.400. The van der Waals surface area contributed by atoms with Gasteiger partial charge in [0.2, 0.25) is 5.88 Å². The van der Waals surface area contributed by atoms with Gasteiger partial charge in [-0.25, -0.2) is 14.2 Å². The van der Waals surface area contributed by atoms with Gasteiger partial charge in [-0.05, 0) is 43.4 Å². The van der Waals surface area contributed by atoms with Crippen LogP contribution >= 0.6 is 0 Å². The number of pyridine rings is 1. The van der Waals surface area contributed by atoms with Crippen molar-refractivity contribution in [3.63, 3.8) is 0 Å². The van der Waals surface area contributed by atoms with Crippen LogP contribution in [0, 0.1) is 5.82 Å². The summed E-state index contributed by atoms with van der Waals surface area (Å²) in [4.78, 5) is 18.6. The largest absolute Gasteiger partial charge is 0.439 e. The number of carbonyl (C=O) groups is 1. The summed E-state index contributed by atoms with van der Waals surface area (Å²) in [7, 11) is 0. The van der Waals surface area contributed by atoms with Crippen LogP contribution in [0.1, 0.15) is 38.2 Å². The van der Waals surface area contributed by atoms with Gasteiger partial charge in [0.05, 0.1) is 0 Å². The molecule has 3 rings (SSSR count). The Balaban J connectivity index is 1.53. The first kappa shape index (κ1) is 18.2. The van der Waals surface area contributed by atoms with Crippen LogP contribution in [0.2, 0.25) is 0 Å². The number of benzene rings is 1. The topological polar surface area (TPSA) is 54.5 Å². The normalized spacial score (nSPS) is 17.0. The number of hydrogen-bond acceptors (Lipinski definition) is 3. The van der Waals surface area contributed by atoms with Crippen LogP contribution in [0.15, 0.2) is 42.6 Å². The van der Waals surface area contributed by atoms with Gasteiger partial charge in [-0.15, -0.1) is 0 Å². The second kappa shape index (κ2) is 8.65. The van der Waals surface area contributed by atoms with Crippen molar-refractivity contribution in [3.05, 3.63) is 54.0 Å². The molecule has 1 unspecified atom stereocenters. The molecule has 1 aliphatic rings. The molecule has 1 atom stereocenters. The van der Waals surface area contributed by atoms with E-state index in [9.17, 15) is 9.18 Å². The summed E-state index contributed by atoms with van der Waals surface area (Å²) in [6, 6.07) is 9.79. The molecule has 2 amide bonds. The van der Waals surface area contributed by atoms with Crippen LogP contribution < -0.4 is 10.1 Å². The Bertz CT molecular complexity index is 736. The average molecular weight is 357 g/mol. The van der Waals surface area contributed by atoms with Crippen LogP contribution in [0.5, 0.6) is 11.6 Å². The van der Waals surface area contributed by atoms with E-state index < -0.39 is 0 Å². The summed E-state index contributed by atoms with van der Waals surface area (Å²) in [6.45, 7) is 3.36. The third-order valence-electron chi connectivity index (χ3n) is 4.62. The predicted molar refractivity (Wildman–Crippen MR) is 97.6 cm³/mol. The number of likely N-dealkylation sites (tertiary alicyclic amines) is 1. The van der Waals surface area contributed by atoms with E-state index in [1.54, 1.807) is 24.4 Å².